The van der Waals surface area contributed by atoms with E-state index >= 15 is 0 Å². The van der Waals surface area contributed by atoms with E-state index in [1.807, 2.05) is 11.6 Å². The van der Waals surface area contributed by atoms with Crippen LogP contribution in [0.25, 0.3) is 33.4 Å². The maximum Gasteiger partial charge on any atom is 0.324 e. The van der Waals surface area contributed by atoms with E-state index < -0.39 is 17.5 Å². The number of piperazine rings is 1. The number of methoxy groups -OCH3 is 1. The quantitative estimate of drug-likeness (QED) is 0.222. The third-order valence-electron chi connectivity index (χ3n) is 13.4. The smallest absolute Gasteiger partial charge is 0.324 e. The van der Waals surface area contributed by atoms with Crippen molar-refractivity contribution >= 4 is 45.7 Å². The highest BCUT2D eigenvalue weighted by Gasteiger charge is 2.48. The van der Waals surface area contributed by atoms with E-state index in [2.05, 4.69) is 91.0 Å². The summed E-state index contributed by atoms with van der Waals surface area (Å²) in [5.41, 5.74) is 11.0. The van der Waals surface area contributed by atoms with Gasteiger partial charge < -0.3 is 24.3 Å². The van der Waals surface area contributed by atoms with Gasteiger partial charge in [0.1, 0.15) is 12.1 Å². The highest BCUT2D eigenvalue weighted by Crippen LogP contribution is 2.45. The van der Waals surface area contributed by atoms with Gasteiger partial charge in [-0.3, -0.25) is 29.3 Å². The van der Waals surface area contributed by atoms with Gasteiger partial charge in [0, 0.05) is 90.5 Å². The van der Waals surface area contributed by atoms with Gasteiger partial charge in [-0.2, -0.15) is 0 Å². The number of ether oxygens (including phenoxy) is 2. The standard InChI is InChI=1S/C45H58N8O5S/c1-8-51-36-12-11-27-17-30(36)32(41(51)31-18-28(22-46-40(31)26(3)57-7)52-15-14-50(6)37-20-38(37)52)21-45(4,5)24-58-44(56)33-10-9-13-53(49-33)43(55)34(19-39-47-35(27)23-59-39)48-42(54)29-16-25(29)2/h11-12,17-18,22-23,25-26,29,33-34,37-38,49H,8-10,13-16,19-21,24H2,1-7H3,(H,48,54)/t25-,26-,29-,33-,34-,37-,38+/m0/s1. The minimum atomic E-state index is -0.825. The molecule has 14 heteroatoms. The third-order valence-corrected chi connectivity index (χ3v) is 14.3. The van der Waals surface area contributed by atoms with Crippen molar-refractivity contribution in [2.24, 2.45) is 17.3 Å². The number of rotatable bonds is 7. The lowest BCUT2D eigenvalue weighted by Crippen LogP contribution is -2.60. The van der Waals surface area contributed by atoms with Gasteiger partial charge >= 0.3 is 5.97 Å². The second-order valence-corrected chi connectivity index (χ2v) is 19.3. The molecule has 3 aromatic heterocycles. The number of pyridine rings is 1. The van der Waals surface area contributed by atoms with Crippen molar-refractivity contribution in [3.8, 4) is 22.5 Å². The van der Waals surface area contributed by atoms with E-state index in [1.165, 1.54) is 16.3 Å². The van der Waals surface area contributed by atoms with Crippen LogP contribution in [0, 0.1) is 17.3 Å². The highest BCUT2D eigenvalue weighted by atomic mass is 32.1. The number of carbonyl (C=O) groups is 3. The third kappa shape index (κ3) is 7.66. The second-order valence-electron chi connectivity index (χ2n) is 18.3. The number of amides is 2. The molecule has 2 aliphatic carbocycles. The molecule has 0 spiro atoms. The number of carbonyl (C=O) groups excluding carboxylic acids is 3. The molecule has 4 fully saturated rings. The van der Waals surface area contributed by atoms with E-state index in [4.69, 9.17) is 19.4 Å². The van der Waals surface area contributed by atoms with Crippen LogP contribution in [-0.4, -0.2) is 107 Å². The van der Waals surface area contributed by atoms with Crippen molar-refractivity contribution in [2.45, 2.75) is 110 Å². The summed E-state index contributed by atoms with van der Waals surface area (Å²) in [6.07, 6.45) is 5.82. The molecule has 6 bridgehead atoms. The van der Waals surface area contributed by atoms with E-state index in [0.717, 1.165) is 87.8 Å². The number of aryl methyl sites for hydroxylation is 1. The SMILES string of the molecule is CCn1c(-c2cc(N3CCN(C)[C@H]4C[C@H]43)cnc2[C@H](C)OC)c2c3cc(ccc31)-c1csc(n1)C[C@H](NC(=O)[C@H]1C[C@@H]1C)C(=O)N1CCC[C@H](N1)C(=O)OCC(C)(C)C2. The lowest BCUT2D eigenvalue weighted by Gasteiger charge is -2.35. The number of nitrogens with zero attached hydrogens (tertiary/aromatic N) is 6. The molecule has 314 valence electrons. The average molecular weight is 823 g/mol. The zero-order chi connectivity index (χ0) is 41.3. The largest absolute Gasteiger partial charge is 0.464 e. The molecule has 6 heterocycles. The lowest BCUT2D eigenvalue weighted by atomic mass is 9.84. The monoisotopic (exact) mass is 822 g/mol. The number of cyclic esters (lactones) is 1. The average Bonchev–Trinajstić information content (AvgIpc) is 4.12. The molecular formula is C45H58N8O5S. The van der Waals surface area contributed by atoms with Crippen LogP contribution >= 0.6 is 11.3 Å². The van der Waals surface area contributed by atoms with Crippen LogP contribution in [0.3, 0.4) is 0 Å². The first-order valence-electron chi connectivity index (χ1n) is 21.5. The van der Waals surface area contributed by atoms with Crippen molar-refractivity contribution in [3.63, 3.8) is 0 Å². The maximum absolute atomic E-state index is 14.1. The van der Waals surface area contributed by atoms with Crippen molar-refractivity contribution in [3.05, 3.63) is 52.1 Å². The molecule has 59 heavy (non-hydrogen) atoms. The first-order chi connectivity index (χ1) is 28.3. The van der Waals surface area contributed by atoms with Crippen molar-refractivity contribution in [1.82, 2.24) is 35.2 Å². The molecule has 3 aliphatic heterocycles. The van der Waals surface area contributed by atoms with Crippen molar-refractivity contribution < 1.29 is 23.9 Å². The number of anilines is 1. The number of benzene rings is 1. The Hall–Kier alpha value is -4.37. The maximum atomic E-state index is 14.1. The summed E-state index contributed by atoms with van der Waals surface area (Å²) < 4.78 is 14.5. The van der Waals surface area contributed by atoms with Gasteiger partial charge in [-0.15, -0.1) is 11.3 Å². The molecule has 7 atom stereocenters. The minimum absolute atomic E-state index is 0.0891. The fourth-order valence-corrected chi connectivity index (χ4v) is 10.5. The van der Waals surface area contributed by atoms with E-state index in [-0.39, 0.29) is 42.8 Å². The van der Waals surface area contributed by atoms with E-state index in [1.54, 1.807) is 7.11 Å². The first-order valence-corrected chi connectivity index (χ1v) is 22.4. The normalized spacial score (nSPS) is 27.5. The Morgan fingerprint density at radius 3 is 2.73 bits per heavy atom. The van der Waals surface area contributed by atoms with Crippen LogP contribution in [0.4, 0.5) is 5.69 Å². The van der Waals surface area contributed by atoms with Crippen LogP contribution in [0.15, 0.2) is 35.8 Å². The van der Waals surface area contributed by atoms with Gasteiger partial charge in [-0.25, -0.2) is 10.4 Å². The molecule has 5 aliphatic rings. The molecule has 9 rings (SSSR count). The van der Waals surface area contributed by atoms with Crippen LogP contribution in [0.1, 0.15) is 82.7 Å². The number of thiazole rings is 1. The number of nitrogens with one attached hydrogen (secondary N) is 2. The Morgan fingerprint density at radius 2 is 1.97 bits per heavy atom. The Balaban J connectivity index is 1.17. The molecule has 0 radical (unpaired) electrons. The summed E-state index contributed by atoms with van der Waals surface area (Å²) in [6.45, 7) is 13.9. The second kappa shape index (κ2) is 15.6. The van der Waals surface area contributed by atoms with Gasteiger partial charge in [0.05, 0.1) is 46.7 Å². The Bertz CT molecular complexity index is 2290. The number of likely N-dealkylation sites (N-methyl/N-ethyl adjacent to an activating group) is 1. The summed E-state index contributed by atoms with van der Waals surface area (Å²) >= 11 is 1.50. The summed E-state index contributed by atoms with van der Waals surface area (Å²) in [6, 6.07) is 8.47. The molecule has 4 aromatic rings. The summed E-state index contributed by atoms with van der Waals surface area (Å²) in [4.78, 5) is 56.5. The number of hydrazine groups is 1. The fourth-order valence-electron chi connectivity index (χ4n) is 9.62. The molecule has 2 N–H and O–H groups in total. The van der Waals surface area contributed by atoms with Gasteiger partial charge in [0.2, 0.25) is 5.91 Å². The number of esters is 1. The number of aromatic nitrogens is 3. The van der Waals surface area contributed by atoms with Gasteiger partial charge in [-0.1, -0.05) is 26.8 Å². The molecule has 2 amide bonds. The predicted octanol–water partition coefficient (Wildman–Crippen LogP) is 5.75. The van der Waals surface area contributed by atoms with E-state index in [9.17, 15) is 14.4 Å². The summed E-state index contributed by atoms with van der Waals surface area (Å²) in [7, 11) is 3.96. The Kier molecular flexibility index (Phi) is 10.6. The molecule has 13 nitrogen and oxygen atoms in total. The number of fused-ring (bicyclic) bond motifs is 7. The zero-order valence-electron chi connectivity index (χ0n) is 35.4. The summed E-state index contributed by atoms with van der Waals surface area (Å²) in [5.74, 6) is -0.553. The highest BCUT2D eigenvalue weighted by molar-refractivity contribution is 7.10. The van der Waals surface area contributed by atoms with Gasteiger partial charge in [-0.05, 0) is 82.7 Å². The van der Waals surface area contributed by atoms with Crippen LogP contribution < -0.4 is 15.6 Å². The minimum Gasteiger partial charge on any atom is -0.464 e. The van der Waals surface area contributed by atoms with Crippen LogP contribution in [0.2, 0.25) is 0 Å². The van der Waals surface area contributed by atoms with E-state index in [0.29, 0.717) is 43.8 Å². The van der Waals surface area contributed by atoms with Gasteiger partial charge in [0.15, 0.2) is 0 Å². The molecule has 2 saturated heterocycles. The molecule has 2 saturated carbocycles. The first kappa shape index (κ1) is 40.1. The predicted molar refractivity (Wildman–Crippen MR) is 229 cm³/mol. The molecule has 1 aromatic carbocycles. The van der Waals surface area contributed by atoms with Crippen molar-refractivity contribution in [2.75, 3.05) is 45.3 Å². The topological polar surface area (TPSA) is 134 Å². The van der Waals surface area contributed by atoms with Crippen molar-refractivity contribution in [1.29, 1.82) is 0 Å². The zero-order valence-corrected chi connectivity index (χ0v) is 36.2. The van der Waals surface area contributed by atoms with Crippen LogP contribution in [-0.2, 0) is 43.2 Å². The Labute approximate surface area is 350 Å². The van der Waals surface area contributed by atoms with Crippen LogP contribution in [0.5, 0.6) is 0 Å². The Morgan fingerprint density at radius 1 is 1.15 bits per heavy atom. The number of hydrogen-bond acceptors (Lipinski definition) is 11. The van der Waals surface area contributed by atoms with Gasteiger partial charge in [0.25, 0.3) is 5.91 Å². The summed E-state index contributed by atoms with van der Waals surface area (Å²) in [5, 5.41) is 8.49. The fraction of sp³-hybridized carbons (Fsp3) is 0.578. The number of hydrogen-bond donors (Lipinski definition) is 2. The molecular weight excluding hydrogens is 765 g/mol. The molecule has 0 unspecified atom stereocenters. The lowest BCUT2D eigenvalue weighted by molar-refractivity contribution is -0.155.